The zero-order chi connectivity index (χ0) is 15.7. The van der Waals surface area contributed by atoms with Gasteiger partial charge in [-0.05, 0) is 36.4 Å². The Balaban J connectivity index is 1.84. The lowest BCUT2D eigenvalue weighted by molar-refractivity contribution is -0.116. The Kier molecular flexibility index (Phi) is 3.77. The standard InChI is InChI=1S/C16H15N3O2S/c1-10-4-3-5-11(2)14(10)18-13(20)8-19-9-17-15-12(16(19)21)6-7-22-15/h3-7,9H,8H2,1-2H3,(H,18,20). The third kappa shape index (κ3) is 2.65. The van der Waals surface area contributed by atoms with Crippen molar-refractivity contribution in [2.24, 2.45) is 0 Å². The van der Waals surface area contributed by atoms with Crippen LogP contribution in [0.4, 0.5) is 5.69 Å². The molecule has 0 aliphatic heterocycles. The van der Waals surface area contributed by atoms with Crippen LogP contribution in [0.5, 0.6) is 0 Å². The van der Waals surface area contributed by atoms with Crippen LogP contribution >= 0.6 is 11.3 Å². The number of hydrogen-bond donors (Lipinski definition) is 1. The monoisotopic (exact) mass is 313 g/mol. The van der Waals surface area contributed by atoms with Gasteiger partial charge in [0.15, 0.2) is 0 Å². The Hall–Kier alpha value is -2.47. The summed E-state index contributed by atoms with van der Waals surface area (Å²) in [5.74, 6) is -0.240. The van der Waals surface area contributed by atoms with Gasteiger partial charge in [0.2, 0.25) is 5.91 Å². The number of rotatable bonds is 3. The molecule has 0 fully saturated rings. The van der Waals surface area contributed by atoms with Crippen LogP contribution in [-0.4, -0.2) is 15.5 Å². The molecule has 0 atom stereocenters. The summed E-state index contributed by atoms with van der Waals surface area (Å²) in [7, 11) is 0. The molecule has 1 amide bonds. The van der Waals surface area contributed by atoms with Gasteiger partial charge in [0.1, 0.15) is 11.4 Å². The number of thiophene rings is 1. The largest absolute Gasteiger partial charge is 0.324 e. The topological polar surface area (TPSA) is 64.0 Å². The fourth-order valence-electron chi connectivity index (χ4n) is 2.35. The van der Waals surface area contributed by atoms with E-state index in [2.05, 4.69) is 10.3 Å². The van der Waals surface area contributed by atoms with Crippen molar-refractivity contribution >= 4 is 33.1 Å². The van der Waals surface area contributed by atoms with Crippen molar-refractivity contribution in [3.63, 3.8) is 0 Å². The number of anilines is 1. The molecule has 0 aliphatic carbocycles. The van der Waals surface area contributed by atoms with Gasteiger partial charge in [0, 0.05) is 5.69 Å². The number of aromatic nitrogens is 2. The Bertz CT molecular complexity index is 891. The molecule has 5 nitrogen and oxygen atoms in total. The number of carbonyl (C=O) groups excluding carboxylic acids is 1. The fraction of sp³-hybridized carbons (Fsp3) is 0.188. The average molecular weight is 313 g/mol. The van der Waals surface area contributed by atoms with Crippen molar-refractivity contribution < 1.29 is 4.79 Å². The molecular formula is C16H15N3O2S. The van der Waals surface area contributed by atoms with Crippen LogP contribution in [0.3, 0.4) is 0 Å². The molecule has 1 aromatic carbocycles. The van der Waals surface area contributed by atoms with E-state index in [1.54, 1.807) is 6.07 Å². The number of fused-ring (bicyclic) bond motifs is 1. The molecule has 0 bridgehead atoms. The number of nitrogens with zero attached hydrogens (tertiary/aromatic N) is 2. The van der Waals surface area contributed by atoms with Crippen molar-refractivity contribution in [1.82, 2.24) is 9.55 Å². The van der Waals surface area contributed by atoms with Crippen molar-refractivity contribution in [2.45, 2.75) is 20.4 Å². The molecule has 0 aliphatic rings. The number of aryl methyl sites for hydroxylation is 2. The maximum absolute atomic E-state index is 12.3. The minimum absolute atomic E-state index is 0.0502. The average Bonchev–Trinajstić information content (AvgIpc) is 2.95. The van der Waals surface area contributed by atoms with Crippen molar-refractivity contribution in [3.8, 4) is 0 Å². The maximum atomic E-state index is 12.3. The third-order valence-corrected chi connectivity index (χ3v) is 4.33. The highest BCUT2D eigenvalue weighted by Gasteiger charge is 2.11. The first-order valence-electron chi connectivity index (χ1n) is 6.85. The van der Waals surface area contributed by atoms with Gasteiger partial charge < -0.3 is 5.32 Å². The second-order valence-corrected chi connectivity index (χ2v) is 6.03. The minimum atomic E-state index is -0.240. The van der Waals surface area contributed by atoms with Gasteiger partial charge in [-0.2, -0.15) is 0 Å². The van der Waals surface area contributed by atoms with Gasteiger partial charge in [-0.1, -0.05) is 18.2 Å². The number of hydrogen-bond acceptors (Lipinski definition) is 4. The van der Waals surface area contributed by atoms with Gasteiger partial charge in [-0.25, -0.2) is 4.98 Å². The van der Waals surface area contributed by atoms with Gasteiger partial charge in [0.05, 0.1) is 11.7 Å². The summed E-state index contributed by atoms with van der Waals surface area (Å²) in [5.41, 5.74) is 2.59. The van der Waals surface area contributed by atoms with E-state index in [9.17, 15) is 9.59 Å². The number of benzene rings is 1. The zero-order valence-corrected chi connectivity index (χ0v) is 13.1. The van der Waals surface area contributed by atoms with E-state index >= 15 is 0 Å². The Morgan fingerprint density at radius 1 is 1.27 bits per heavy atom. The van der Waals surface area contributed by atoms with E-state index in [0.717, 1.165) is 16.8 Å². The van der Waals surface area contributed by atoms with Crippen LogP contribution in [0.25, 0.3) is 10.2 Å². The quantitative estimate of drug-likeness (QED) is 0.808. The second-order valence-electron chi connectivity index (χ2n) is 5.13. The molecule has 22 heavy (non-hydrogen) atoms. The highest BCUT2D eigenvalue weighted by Crippen LogP contribution is 2.19. The van der Waals surface area contributed by atoms with Crippen LogP contribution in [0.1, 0.15) is 11.1 Å². The lowest BCUT2D eigenvalue weighted by atomic mass is 10.1. The number of nitrogens with one attached hydrogen (secondary N) is 1. The first-order valence-corrected chi connectivity index (χ1v) is 7.73. The molecule has 0 spiro atoms. The summed E-state index contributed by atoms with van der Waals surface area (Å²) >= 11 is 1.41. The molecule has 6 heteroatoms. The normalized spacial score (nSPS) is 10.8. The highest BCUT2D eigenvalue weighted by molar-refractivity contribution is 7.16. The number of amides is 1. The molecule has 1 N–H and O–H groups in total. The Morgan fingerprint density at radius 2 is 2.00 bits per heavy atom. The van der Waals surface area contributed by atoms with Gasteiger partial charge in [-0.3, -0.25) is 14.2 Å². The molecule has 3 aromatic rings. The van der Waals surface area contributed by atoms with E-state index in [-0.39, 0.29) is 18.0 Å². The summed E-state index contributed by atoms with van der Waals surface area (Å²) in [6.07, 6.45) is 1.42. The van der Waals surface area contributed by atoms with Crippen molar-refractivity contribution in [1.29, 1.82) is 0 Å². The molecule has 112 valence electrons. The first-order chi connectivity index (χ1) is 10.6. The molecular weight excluding hydrogens is 298 g/mol. The molecule has 0 saturated heterocycles. The van der Waals surface area contributed by atoms with Crippen molar-refractivity contribution in [2.75, 3.05) is 5.32 Å². The smallest absolute Gasteiger partial charge is 0.262 e. The number of carbonyl (C=O) groups is 1. The van der Waals surface area contributed by atoms with Crippen LogP contribution in [0.2, 0.25) is 0 Å². The lowest BCUT2D eigenvalue weighted by Crippen LogP contribution is -2.28. The summed E-state index contributed by atoms with van der Waals surface area (Å²) < 4.78 is 1.33. The van der Waals surface area contributed by atoms with Gasteiger partial charge >= 0.3 is 0 Å². The van der Waals surface area contributed by atoms with E-state index in [4.69, 9.17) is 0 Å². The lowest BCUT2D eigenvalue weighted by Gasteiger charge is -2.12. The molecule has 0 radical (unpaired) electrons. The van der Waals surface area contributed by atoms with E-state index < -0.39 is 0 Å². The summed E-state index contributed by atoms with van der Waals surface area (Å²) in [5, 5.41) is 5.24. The minimum Gasteiger partial charge on any atom is -0.324 e. The molecule has 2 heterocycles. The molecule has 0 saturated carbocycles. The molecule has 2 aromatic heterocycles. The van der Waals surface area contributed by atoms with Crippen LogP contribution in [-0.2, 0) is 11.3 Å². The summed E-state index contributed by atoms with van der Waals surface area (Å²) in [6, 6.07) is 7.55. The van der Waals surface area contributed by atoms with E-state index in [1.807, 2.05) is 37.4 Å². The highest BCUT2D eigenvalue weighted by atomic mass is 32.1. The summed E-state index contributed by atoms with van der Waals surface area (Å²) in [6.45, 7) is 3.83. The molecule has 3 rings (SSSR count). The summed E-state index contributed by atoms with van der Waals surface area (Å²) in [4.78, 5) is 29.4. The zero-order valence-electron chi connectivity index (χ0n) is 12.3. The van der Waals surface area contributed by atoms with E-state index in [1.165, 1.54) is 22.2 Å². The number of para-hydroxylation sites is 1. The first kappa shape index (κ1) is 14.5. The third-order valence-electron chi connectivity index (χ3n) is 3.51. The fourth-order valence-corrected chi connectivity index (χ4v) is 3.07. The van der Waals surface area contributed by atoms with Crippen LogP contribution in [0, 0.1) is 13.8 Å². The molecule has 0 unspecified atom stereocenters. The maximum Gasteiger partial charge on any atom is 0.262 e. The van der Waals surface area contributed by atoms with Crippen molar-refractivity contribution in [3.05, 3.63) is 57.5 Å². The van der Waals surface area contributed by atoms with Gasteiger partial charge in [-0.15, -0.1) is 11.3 Å². The second kappa shape index (κ2) is 5.73. The van der Waals surface area contributed by atoms with Crippen LogP contribution in [0.15, 0.2) is 40.8 Å². The predicted octanol–water partition coefficient (Wildman–Crippen LogP) is 2.71. The van der Waals surface area contributed by atoms with E-state index in [0.29, 0.717) is 10.2 Å². The Labute approximate surface area is 131 Å². The SMILES string of the molecule is Cc1cccc(C)c1NC(=O)Cn1cnc2sccc2c1=O. The van der Waals surface area contributed by atoms with Gasteiger partial charge in [0.25, 0.3) is 5.56 Å². The van der Waals surface area contributed by atoms with Crippen LogP contribution < -0.4 is 10.9 Å². The predicted molar refractivity (Wildman–Crippen MR) is 88.4 cm³/mol. The Morgan fingerprint density at radius 3 is 2.73 bits per heavy atom.